The summed E-state index contributed by atoms with van der Waals surface area (Å²) in [6.07, 6.45) is 0. The van der Waals surface area contributed by atoms with Crippen LogP contribution >= 0.6 is 11.3 Å². The first-order valence-corrected chi connectivity index (χ1v) is 7.71. The van der Waals surface area contributed by atoms with Crippen LogP contribution in [0.3, 0.4) is 0 Å². The van der Waals surface area contributed by atoms with Crippen molar-refractivity contribution in [1.29, 1.82) is 0 Å². The number of nitrogens with one attached hydrogen (secondary N) is 1. The monoisotopic (exact) mass is 318 g/mol. The Labute approximate surface area is 132 Å². The highest BCUT2D eigenvalue weighted by molar-refractivity contribution is 7.10. The maximum absolute atomic E-state index is 12.0. The molecule has 22 heavy (non-hydrogen) atoms. The summed E-state index contributed by atoms with van der Waals surface area (Å²) in [7, 11) is 0. The van der Waals surface area contributed by atoms with Crippen LogP contribution in [0.2, 0.25) is 0 Å². The fourth-order valence-corrected chi connectivity index (χ4v) is 2.75. The molecule has 0 atom stereocenters. The molecule has 0 aliphatic carbocycles. The zero-order valence-electron chi connectivity index (χ0n) is 12.6. The number of hydrazone groups is 1. The van der Waals surface area contributed by atoms with Crippen LogP contribution in [0.5, 0.6) is 11.5 Å². The molecule has 5 nitrogen and oxygen atoms in total. The zero-order valence-corrected chi connectivity index (χ0v) is 13.4. The third-order valence-corrected chi connectivity index (χ3v) is 4.33. The smallest absolute Gasteiger partial charge is 0.272 e. The van der Waals surface area contributed by atoms with E-state index in [0.29, 0.717) is 22.8 Å². The maximum atomic E-state index is 12.0. The van der Waals surface area contributed by atoms with E-state index in [1.54, 1.807) is 23.6 Å². The van der Waals surface area contributed by atoms with Crippen molar-refractivity contribution in [3.63, 3.8) is 0 Å². The van der Waals surface area contributed by atoms with E-state index in [1.165, 1.54) is 18.2 Å². The van der Waals surface area contributed by atoms with Gasteiger partial charge in [0.05, 0.1) is 11.3 Å². The topological polar surface area (TPSA) is 81.9 Å². The number of thiophene rings is 1. The minimum atomic E-state index is -0.285. The molecule has 2 aromatic rings. The fraction of sp³-hybridized carbons (Fsp3) is 0.250. The number of hydrogen-bond acceptors (Lipinski definition) is 5. The van der Waals surface area contributed by atoms with Crippen molar-refractivity contribution in [2.75, 3.05) is 0 Å². The van der Waals surface area contributed by atoms with Crippen LogP contribution in [0.15, 0.2) is 34.7 Å². The van der Waals surface area contributed by atoms with Gasteiger partial charge in [-0.05, 0) is 31.0 Å². The second-order valence-electron chi connectivity index (χ2n) is 5.27. The average Bonchev–Trinajstić information content (AvgIpc) is 2.93. The summed E-state index contributed by atoms with van der Waals surface area (Å²) in [6, 6.07) is 6.02. The number of carbonyl (C=O) groups is 1. The Hall–Kier alpha value is -2.34. The number of hydrogen-bond donors (Lipinski definition) is 3. The number of phenols is 2. The molecule has 2 rings (SSSR count). The van der Waals surface area contributed by atoms with Gasteiger partial charge in [-0.25, -0.2) is 5.43 Å². The molecule has 0 aliphatic heterocycles. The first-order valence-electron chi connectivity index (χ1n) is 6.83. The van der Waals surface area contributed by atoms with E-state index in [2.05, 4.69) is 24.4 Å². The summed E-state index contributed by atoms with van der Waals surface area (Å²) < 4.78 is 0. The molecule has 3 N–H and O–H groups in total. The summed E-state index contributed by atoms with van der Waals surface area (Å²) >= 11 is 1.55. The van der Waals surface area contributed by atoms with Gasteiger partial charge in [0.25, 0.3) is 5.91 Å². The van der Waals surface area contributed by atoms with Crippen LogP contribution in [-0.4, -0.2) is 21.8 Å². The van der Waals surface area contributed by atoms with Gasteiger partial charge < -0.3 is 10.2 Å². The largest absolute Gasteiger partial charge is 0.508 e. The minimum Gasteiger partial charge on any atom is -0.508 e. The van der Waals surface area contributed by atoms with Crippen molar-refractivity contribution in [2.45, 2.75) is 26.7 Å². The van der Waals surface area contributed by atoms with Crippen molar-refractivity contribution in [2.24, 2.45) is 5.10 Å². The molecule has 0 fully saturated rings. The lowest BCUT2D eigenvalue weighted by Gasteiger charge is -2.04. The molecule has 0 bridgehead atoms. The minimum absolute atomic E-state index is 0.0599. The van der Waals surface area contributed by atoms with E-state index < -0.39 is 0 Å². The Morgan fingerprint density at radius 3 is 2.32 bits per heavy atom. The normalized spacial score (nSPS) is 11.7. The molecule has 0 aliphatic rings. The van der Waals surface area contributed by atoms with Gasteiger partial charge in [0.1, 0.15) is 11.5 Å². The van der Waals surface area contributed by atoms with E-state index in [1.807, 2.05) is 6.07 Å². The lowest BCUT2D eigenvalue weighted by molar-refractivity contribution is 0.0955. The van der Waals surface area contributed by atoms with Crippen LogP contribution in [0.4, 0.5) is 0 Å². The van der Waals surface area contributed by atoms with Crippen molar-refractivity contribution < 1.29 is 15.0 Å². The first-order chi connectivity index (χ1) is 10.4. The number of carbonyl (C=O) groups excluding carboxylic acids is 1. The second-order valence-corrected chi connectivity index (χ2v) is 6.21. The van der Waals surface area contributed by atoms with E-state index in [0.717, 1.165) is 4.88 Å². The molecular weight excluding hydrogens is 300 g/mol. The standard InChI is InChI=1S/C16H18N2O3S/c1-9(2)15-6-12(8-22-15)16(21)18-17-10(3)11-4-13(19)7-14(20)5-11/h4-9,19-20H,1-3H3,(H,18,21)/b17-10-. The Morgan fingerprint density at radius 1 is 1.14 bits per heavy atom. The average molecular weight is 318 g/mol. The van der Waals surface area contributed by atoms with Crippen LogP contribution < -0.4 is 5.43 Å². The van der Waals surface area contributed by atoms with E-state index >= 15 is 0 Å². The quantitative estimate of drug-likeness (QED) is 0.596. The van der Waals surface area contributed by atoms with Crippen molar-refractivity contribution >= 4 is 23.0 Å². The van der Waals surface area contributed by atoms with Crippen molar-refractivity contribution in [3.05, 3.63) is 45.6 Å². The Morgan fingerprint density at radius 2 is 1.77 bits per heavy atom. The Balaban J connectivity index is 2.10. The number of nitrogens with zero attached hydrogens (tertiary/aromatic N) is 1. The number of aromatic hydroxyl groups is 2. The molecule has 0 spiro atoms. The fourth-order valence-electron chi connectivity index (χ4n) is 1.84. The van der Waals surface area contributed by atoms with Gasteiger partial charge in [0, 0.05) is 21.9 Å². The van der Waals surface area contributed by atoms with Gasteiger partial charge in [-0.1, -0.05) is 13.8 Å². The molecule has 1 aromatic heterocycles. The van der Waals surface area contributed by atoms with E-state index in [4.69, 9.17) is 0 Å². The molecule has 116 valence electrons. The molecule has 0 saturated heterocycles. The molecular formula is C16H18N2O3S. The lowest BCUT2D eigenvalue weighted by Crippen LogP contribution is -2.18. The maximum Gasteiger partial charge on any atom is 0.272 e. The SMILES string of the molecule is C/C(=N/NC(=O)c1csc(C(C)C)c1)c1cc(O)cc(O)c1. The highest BCUT2D eigenvalue weighted by Crippen LogP contribution is 2.23. The molecule has 0 saturated carbocycles. The van der Waals surface area contributed by atoms with Gasteiger partial charge >= 0.3 is 0 Å². The first kappa shape index (κ1) is 16.0. The third-order valence-electron chi connectivity index (χ3n) is 3.10. The van der Waals surface area contributed by atoms with Crippen LogP contribution in [-0.2, 0) is 0 Å². The summed E-state index contributed by atoms with van der Waals surface area (Å²) in [5.41, 5.74) is 4.07. The van der Waals surface area contributed by atoms with Crippen molar-refractivity contribution in [1.82, 2.24) is 5.43 Å². The van der Waals surface area contributed by atoms with Crippen LogP contribution in [0.1, 0.15) is 47.5 Å². The predicted molar refractivity (Wildman–Crippen MR) is 87.9 cm³/mol. The van der Waals surface area contributed by atoms with E-state index in [-0.39, 0.29) is 17.4 Å². The van der Waals surface area contributed by atoms with Gasteiger partial charge in [-0.3, -0.25) is 4.79 Å². The van der Waals surface area contributed by atoms with E-state index in [9.17, 15) is 15.0 Å². The predicted octanol–water partition coefficient (Wildman–Crippen LogP) is 3.44. The molecule has 1 aromatic carbocycles. The number of amides is 1. The van der Waals surface area contributed by atoms with Crippen molar-refractivity contribution in [3.8, 4) is 11.5 Å². The highest BCUT2D eigenvalue weighted by atomic mass is 32.1. The summed E-state index contributed by atoms with van der Waals surface area (Å²) in [6.45, 7) is 5.83. The molecule has 0 radical (unpaired) electrons. The molecule has 0 unspecified atom stereocenters. The molecule has 1 amide bonds. The van der Waals surface area contributed by atoms with Gasteiger partial charge in [0.2, 0.25) is 0 Å². The van der Waals surface area contributed by atoms with Crippen LogP contribution in [0, 0.1) is 0 Å². The Kier molecular flexibility index (Phi) is 4.82. The third kappa shape index (κ3) is 3.85. The highest BCUT2D eigenvalue weighted by Gasteiger charge is 2.10. The Bertz CT molecular complexity index is 700. The number of phenolic OH excluding ortho intramolecular Hbond substituents is 2. The van der Waals surface area contributed by atoms with Gasteiger partial charge in [-0.2, -0.15) is 5.10 Å². The van der Waals surface area contributed by atoms with Gasteiger partial charge in [-0.15, -0.1) is 11.3 Å². The summed E-state index contributed by atoms with van der Waals surface area (Å²) in [5, 5.41) is 24.7. The van der Waals surface area contributed by atoms with Crippen LogP contribution in [0.25, 0.3) is 0 Å². The number of rotatable bonds is 4. The molecule has 1 heterocycles. The zero-order chi connectivity index (χ0) is 16.3. The lowest BCUT2D eigenvalue weighted by atomic mass is 10.1. The summed E-state index contributed by atoms with van der Waals surface area (Å²) in [5.74, 6) is -0.0236. The van der Waals surface area contributed by atoms with Gasteiger partial charge in [0.15, 0.2) is 0 Å². The number of benzene rings is 1. The summed E-state index contributed by atoms with van der Waals surface area (Å²) in [4.78, 5) is 13.2. The molecule has 6 heteroatoms. The second kappa shape index (κ2) is 6.62.